The highest BCUT2D eigenvalue weighted by atomic mass is 32.2. The van der Waals surface area contributed by atoms with E-state index >= 15 is 0 Å². The molecule has 0 heterocycles. The molecule has 0 aliphatic carbocycles. The van der Waals surface area contributed by atoms with Gasteiger partial charge in [-0.25, -0.2) is 0 Å². The fraction of sp³-hybridized carbons (Fsp3) is 0.700. The Morgan fingerprint density at radius 3 is 2.41 bits per heavy atom. The summed E-state index contributed by atoms with van der Waals surface area (Å²) in [6, 6.07) is 0.799. The highest BCUT2D eigenvalue weighted by molar-refractivity contribution is 8.22. The zero-order valence-corrected chi connectivity index (χ0v) is 13.3. The maximum Gasteiger partial charge on any atom is 0.500 e. The lowest BCUT2D eigenvalue weighted by Crippen LogP contribution is -2.42. The number of rotatable bonds is 9. The van der Waals surface area contributed by atoms with Crippen molar-refractivity contribution < 1.29 is 13.3 Å². The Labute approximate surface area is 114 Å². The van der Waals surface area contributed by atoms with Crippen LogP contribution in [0, 0.1) is 0 Å². The first kappa shape index (κ1) is 17.1. The molecule has 0 atom stereocenters. The van der Waals surface area contributed by atoms with Gasteiger partial charge in [-0.15, -0.1) is 6.58 Å². The second kappa shape index (κ2) is 10.0. The van der Waals surface area contributed by atoms with Crippen molar-refractivity contribution in [3.63, 3.8) is 0 Å². The minimum absolute atomic E-state index is 0.707. The number of hydrogen-bond acceptors (Lipinski definition) is 5. The predicted molar refractivity (Wildman–Crippen MR) is 79.5 cm³/mol. The monoisotopic (exact) mass is 295 g/mol. The van der Waals surface area contributed by atoms with Crippen molar-refractivity contribution in [2.45, 2.75) is 12.5 Å². The first-order chi connectivity index (χ1) is 8.14. The van der Waals surface area contributed by atoms with Crippen LogP contribution in [0.2, 0.25) is 6.04 Å². The SMILES string of the molecule is C=CCNC(=S)SCCC[Si](OC)(OC)OC. The molecule has 0 aromatic carbocycles. The van der Waals surface area contributed by atoms with Crippen LogP contribution in [0.3, 0.4) is 0 Å². The Morgan fingerprint density at radius 2 is 1.94 bits per heavy atom. The molecule has 0 aliphatic heterocycles. The highest BCUT2D eigenvalue weighted by Gasteiger charge is 2.36. The van der Waals surface area contributed by atoms with Crippen LogP contribution in [0.5, 0.6) is 0 Å². The first-order valence-corrected chi connectivity index (χ1v) is 8.63. The van der Waals surface area contributed by atoms with E-state index in [1.54, 1.807) is 39.2 Å². The molecular weight excluding hydrogens is 274 g/mol. The second-order valence-corrected chi connectivity index (χ2v) is 8.07. The standard InChI is InChI=1S/C10H21NO3S2Si/c1-5-7-11-10(15)16-8-6-9-17(12-2,13-3)14-4/h5H,1,6-9H2,2-4H3,(H,11,15). The van der Waals surface area contributed by atoms with Crippen LogP contribution in [0.1, 0.15) is 6.42 Å². The second-order valence-electron chi connectivity index (χ2n) is 3.20. The number of hydrogen-bond donors (Lipinski definition) is 1. The number of thioether (sulfide) groups is 1. The van der Waals surface area contributed by atoms with Crippen LogP contribution in [-0.4, -0.2) is 46.8 Å². The molecule has 0 aromatic rings. The summed E-state index contributed by atoms with van der Waals surface area (Å²) in [5.41, 5.74) is 0. The normalized spacial score (nSPS) is 11.2. The fourth-order valence-electron chi connectivity index (χ4n) is 1.22. The molecular formula is C10H21NO3S2Si. The van der Waals surface area contributed by atoms with E-state index in [0.717, 1.165) is 22.5 Å². The molecule has 0 saturated carbocycles. The smallest absolute Gasteiger partial charge is 0.377 e. The van der Waals surface area contributed by atoms with E-state index in [1.807, 2.05) is 0 Å². The van der Waals surface area contributed by atoms with Crippen molar-refractivity contribution in [3.8, 4) is 0 Å². The Morgan fingerprint density at radius 1 is 1.35 bits per heavy atom. The molecule has 0 radical (unpaired) electrons. The van der Waals surface area contributed by atoms with Gasteiger partial charge in [0.1, 0.15) is 4.32 Å². The van der Waals surface area contributed by atoms with Gasteiger partial charge >= 0.3 is 8.80 Å². The van der Waals surface area contributed by atoms with Crippen molar-refractivity contribution >= 4 is 37.1 Å². The summed E-state index contributed by atoms with van der Waals surface area (Å²) in [6.07, 6.45) is 2.73. The van der Waals surface area contributed by atoms with Crippen LogP contribution >= 0.6 is 24.0 Å². The van der Waals surface area contributed by atoms with Gasteiger partial charge in [0.2, 0.25) is 0 Å². The van der Waals surface area contributed by atoms with Gasteiger partial charge in [0.15, 0.2) is 0 Å². The molecule has 4 nitrogen and oxygen atoms in total. The molecule has 0 aliphatic rings. The lowest BCUT2D eigenvalue weighted by atomic mass is 10.6. The molecule has 0 bridgehead atoms. The third-order valence-corrected chi connectivity index (χ3v) is 6.41. The quantitative estimate of drug-likeness (QED) is 0.304. The van der Waals surface area contributed by atoms with Crippen molar-refractivity contribution in [1.29, 1.82) is 0 Å². The summed E-state index contributed by atoms with van der Waals surface area (Å²) >= 11 is 6.75. The summed E-state index contributed by atoms with van der Waals surface area (Å²) in [5, 5.41) is 3.07. The summed E-state index contributed by atoms with van der Waals surface area (Å²) in [5.74, 6) is 0.924. The molecule has 0 fully saturated rings. The molecule has 0 unspecified atom stereocenters. The molecule has 0 saturated heterocycles. The highest BCUT2D eigenvalue weighted by Crippen LogP contribution is 2.17. The minimum atomic E-state index is -2.41. The van der Waals surface area contributed by atoms with Gasteiger partial charge in [-0.05, 0) is 6.42 Å². The van der Waals surface area contributed by atoms with Gasteiger partial charge in [0, 0.05) is 39.7 Å². The van der Waals surface area contributed by atoms with Crippen molar-refractivity contribution in [2.75, 3.05) is 33.6 Å². The van der Waals surface area contributed by atoms with Gasteiger partial charge in [-0.1, -0.05) is 30.1 Å². The van der Waals surface area contributed by atoms with Crippen molar-refractivity contribution in [2.24, 2.45) is 0 Å². The van der Waals surface area contributed by atoms with Gasteiger partial charge in [-0.3, -0.25) is 0 Å². The number of nitrogens with one attached hydrogen (secondary N) is 1. The largest absolute Gasteiger partial charge is 0.500 e. The zero-order valence-electron chi connectivity index (χ0n) is 10.7. The average Bonchev–Trinajstić information content (AvgIpc) is 2.37. The fourth-order valence-corrected chi connectivity index (χ4v) is 4.19. The van der Waals surface area contributed by atoms with E-state index in [0.29, 0.717) is 6.54 Å². The zero-order chi connectivity index (χ0) is 13.1. The lowest BCUT2D eigenvalue weighted by Gasteiger charge is -2.24. The summed E-state index contributed by atoms with van der Waals surface area (Å²) < 4.78 is 16.8. The maximum atomic E-state index is 5.33. The van der Waals surface area contributed by atoms with E-state index in [-0.39, 0.29) is 0 Å². The first-order valence-electron chi connectivity index (χ1n) is 5.31. The van der Waals surface area contributed by atoms with Crippen LogP contribution in [0.15, 0.2) is 12.7 Å². The Balaban J connectivity index is 3.75. The molecule has 17 heavy (non-hydrogen) atoms. The van der Waals surface area contributed by atoms with Gasteiger partial charge < -0.3 is 18.6 Å². The lowest BCUT2D eigenvalue weighted by molar-refractivity contribution is 0.123. The van der Waals surface area contributed by atoms with Crippen LogP contribution < -0.4 is 5.32 Å². The van der Waals surface area contributed by atoms with Crippen molar-refractivity contribution in [1.82, 2.24) is 5.32 Å². The molecule has 1 N–H and O–H groups in total. The summed E-state index contributed by atoms with van der Waals surface area (Å²) in [4.78, 5) is 0. The molecule has 0 spiro atoms. The molecule has 0 amide bonds. The van der Waals surface area contributed by atoms with Gasteiger partial charge in [0.05, 0.1) is 0 Å². The maximum absolute atomic E-state index is 5.33. The third kappa shape index (κ3) is 7.17. The third-order valence-electron chi connectivity index (χ3n) is 2.18. The van der Waals surface area contributed by atoms with Gasteiger partial charge in [0.25, 0.3) is 0 Å². The number of thiocarbonyl (C=S) groups is 1. The molecule has 0 aromatic heterocycles. The summed E-state index contributed by atoms with van der Waals surface area (Å²) in [6.45, 7) is 4.33. The molecule has 0 rings (SSSR count). The average molecular weight is 296 g/mol. The Bertz CT molecular complexity index is 229. The predicted octanol–water partition coefficient (Wildman–Crippen LogP) is 2.05. The summed E-state index contributed by atoms with van der Waals surface area (Å²) in [7, 11) is 2.47. The van der Waals surface area contributed by atoms with E-state index in [2.05, 4.69) is 11.9 Å². The van der Waals surface area contributed by atoms with Crippen LogP contribution in [-0.2, 0) is 13.3 Å². The van der Waals surface area contributed by atoms with E-state index in [9.17, 15) is 0 Å². The molecule has 7 heteroatoms. The van der Waals surface area contributed by atoms with Crippen LogP contribution in [0.25, 0.3) is 0 Å². The molecule has 100 valence electrons. The minimum Gasteiger partial charge on any atom is -0.377 e. The Kier molecular flexibility index (Phi) is 10.1. The topological polar surface area (TPSA) is 39.7 Å². The van der Waals surface area contributed by atoms with E-state index < -0.39 is 8.80 Å². The van der Waals surface area contributed by atoms with E-state index in [1.165, 1.54) is 0 Å². The van der Waals surface area contributed by atoms with Crippen molar-refractivity contribution in [3.05, 3.63) is 12.7 Å². The van der Waals surface area contributed by atoms with Gasteiger partial charge in [-0.2, -0.15) is 0 Å². The van der Waals surface area contributed by atoms with Crippen LogP contribution in [0.4, 0.5) is 0 Å². The van der Waals surface area contributed by atoms with E-state index in [4.69, 9.17) is 25.5 Å². The Hall–Kier alpha value is 0.0769.